The number of ether oxygens (including phenoxy) is 2. The molecule has 0 bridgehead atoms. The summed E-state index contributed by atoms with van der Waals surface area (Å²) in [5.74, 6) is 0.00691. The number of benzene rings is 1. The summed E-state index contributed by atoms with van der Waals surface area (Å²) in [6.45, 7) is 4.56. The van der Waals surface area contributed by atoms with Crippen LogP contribution in [-0.4, -0.2) is 35.1 Å². The van der Waals surface area contributed by atoms with Crippen LogP contribution in [0.3, 0.4) is 0 Å². The minimum Gasteiger partial charge on any atom is -0.494 e. The first-order valence-corrected chi connectivity index (χ1v) is 9.24. The number of nitrogens with one attached hydrogen (secondary N) is 2. The van der Waals surface area contributed by atoms with E-state index in [4.69, 9.17) is 9.47 Å². The number of anilines is 2. The van der Waals surface area contributed by atoms with E-state index in [1.807, 2.05) is 37.3 Å². The van der Waals surface area contributed by atoms with Gasteiger partial charge in [-0.1, -0.05) is 12.1 Å². The van der Waals surface area contributed by atoms with Gasteiger partial charge in [-0.2, -0.15) is 0 Å². The van der Waals surface area contributed by atoms with Crippen molar-refractivity contribution < 1.29 is 19.1 Å². The van der Waals surface area contributed by atoms with Gasteiger partial charge in [0.1, 0.15) is 11.4 Å². The SMILES string of the molecule is CCOc1ccc(CNc2cnc3c(c2)c(NC(C)=O)c(C(=O)OC)n3C)cc1. The summed E-state index contributed by atoms with van der Waals surface area (Å²) in [6, 6.07) is 9.69. The number of nitrogens with zero attached hydrogens (tertiary/aromatic N) is 2. The number of fused-ring (bicyclic) bond motifs is 1. The molecule has 0 aliphatic rings. The maximum atomic E-state index is 12.2. The highest BCUT2D eigenvalue weighted by Gasteiger charge is 2.23. The molecule has 2 N–H and O–H groups in total. The zero-order chi connectivity index (χ0) is 21.0. The summed E-state index contributed by atoms with van der Waals surface area (Å²) in [5.41, 5.74) is 3.05. The fraction of sp³-hybridized carbons (Fsp3) is 0.286. The zero-order valence-electron chi connectivity index (χ0n) is 16.9. The molecule has 0 saturated carbocycles. The van der Waals surface area contributed by atoms with Gasteiger partial charge in [0.05, 0.1) is 31.3 Å². The monoisotopic (exact) mass is 396 g/mol. The Hall–Kier alpha value is -3.55. The number of hydrogen-bond donors (Lipinski definition) is 2. The van der Waals surface area contributed by atoms with Gasteiger partial charge in [0, 0.05) is 25.9 Å². The molecule has 0 unspecified atom stereocenters. The summed E-state index contributed by atoms with van der Waals surface area (Å²) in [4.78, 5) is 28.4. The summed E-state index contributed by atoms with van der Waals surface area (Å²) >= 11 is 0. The first-order valence-electron chi connectivity index (χ1n) is 9.24. The zero-order valence-corrected chi connectivity index (χ0v) is 16.9. The number of carbonyl (C=O) groups is 2. The Labute approximate surface area is 168 Å². The Balaban J connectivity index is 1.90. The molecule has 0 aliphatic heterocycles. The number of amides is 1. The third-order valence-corrected chi connectivity index (χ3v) is 4.44. The predicted molar refractivity (Wildman–Crippen MR) is 111 cm³/mol. The molecule has 152 valence electrons. The van der Waals surface area contributed by atoms with Gasteiger partial charge in [0.2, 0.25) is 5.91 Å². The van der Waals surface area contributed by atoms with Crippen LogP contribution in [0.2, 0.25) is 0 Å². The molecule has 3 aromatic rings. The first-order chi connectivity index (χ1) is 13.9. The fourth-order valence-corrected chi connectivity index (χ4v) is 3.12. The largest absolute Gasteiger partial charge is 0.494 e. The third kappa shape index (κ3) is 4.31. The Morgan fingerprint density at radius 2 is 1.93 bits per heavy atom. The maximum Gasteiger partial charge on any atom is 0.356 e. The van der Waals surface area contributed by atoms with Crippen molar-refractivity contribution in [1.29, 1.82) is 0 Å². The Morgan fingerprint density at radius 3 is 2.55 bits per heavy atom. The molecule has 0 aliphatic carbocycles. The highest BCUT2D eigenvalue weighted by atomic mass is 16.5. The molecule has 2 aromatic heterocycles. The van der Waals surface area contributed by atoms with Gasteiger partial charge >= 0.3 is 5.97 Å². The highest BCUT2D eigenvalue weighted by molar-refractivity contribution is 6.10. The number of hydrogen-bond acceptors (Lipinski definition) is 6. The molecule has 0 radical (unpaired) electrons. The van der Waals surface area contributed by atoms with Crippen LogP contribution in [0.5, 0.6) is 5.75 Å². The standard InChI is InChI=1S/C21H24N4O4/c1-5-29-16-8-6-14(7-9-16)11-22-15-10-17-18(24-13(2)26)19(21(27)28-4)25(3)20(17)23-12-15/h6-10,12,22H,5,11H2,1-4H3,(H,24,26). The van der Waals surface area contributed by atoms with Crippen LogP contribution in [0, 0.1) is 0 Å². The topological polar surface area (TPSA) is 94.5 Å². The molecule has 8 heteroatoms. The van der Waals surface area contributed by atoms with Gasteiger partial charge < -0.3 is 24.7 Å². The average Bonchev–Trinajstić information content (AvgIpc) is 2.98. The van der Waals surface area contributed by atoms with E-state index in [9.17, 15) is 9.59 Å². The number of esters is 1. The smallest absolute Gasteiger partial charge is 0.356 e. The van der Waals surface area contributed by atoms with Crippen LogP contribution in [0.1, 0.15) is 29.9 Å². The average molecular weight is 396 g/mol. The molecule has 8 nitrogen and oxygen atoms in total. The number of aromatic nitrogens is 2. The lowest BCUT2D eigenvalue weighted by Crippen LogP contribution is -2.13. The Morgan fingerprint density at radius 1 is 1.21 bits per heavy atom. The van der Waals surface area contributed by atoms with E-state index in [-0.39, 0.29) is 11.6 Å². The Kier molecular flexibility index (Phi) is 6.01. The van der Waals surface area contributed by atoms with E-state index >= 15 is 0 Å². The lowest BCUT2D eigenvalue weighted by molar-refractivity contribution is -0.114. The van der Waals surface area contributed by atoms with Crippen molar-refractivity contribution in [3.63, 3.8) is 0 Å². The van der Waals surface area contributed by atoms with Crippen molar-refractivity contribution >= 4 is 34.3 Å². The van der Waals surface area contributed by atoms with E-state index in [1.165, 1.54) is 14.0 Å². The molecule has 0 spiro atoms. The van der Waals surface area contributed by atoms with Crippen LogP contribution in [0.15, 0.2) is 36.5 Å². The predicted octanol–water partition coefficient (Wildman–Crippen LogP) is 3.33. The van der Waals surface area contributed by atoms with Crippen LogP contribution in [0.4, 0.5) is 11.4 Å². The van der Waals surface area contributed by atoms with Crippen LogP contribution in [-0.2, 0) is 23.1 Å². The van der Waals surface area contributed by atoms with Crippen molar-refractivity contribution in [2.45, 2.75) is 20.4 Å². The number of pyridine rings is 1. The second-order valence-corrected chi connectivity index (χ2v) is 6.48. The van der Waals surface area contributed by atoms with Gasteiger partial charge in [-0.25, -0.2) is 9.78 Å². The quantitative estimate of drug-likeness (QED) is 0.595. The molecule has 2 heterocycles. The van der Waals surface area contributed by atoms with Crippen molar-refractivity contribution in [1.82, 2.24) is 9.55 Å². The van der Waals surface area contributed by atoms with Crippen molar-refractivity contribution in [3.05, 3.63) is 47.8 Å². The number of rotatable bonds is 7. The summed E-state index contributed by atoms with van der Waals surface area (Å²) < 4.78 is 11.9. The molecule has 0 fully saturated rings. The van der Waals surface area contributed by atoms with Crippen molar-refractivity contribution in [2.24, 2.45) is 7.05 Å². The van der Waals surface area contributed by atoms with E-state index in [0.717, 1.165) is 17.0 Å². The molecule has 1 aromatic carbocycles. The second kappa shape index (κ2) is 8.64. The van der Waals surface area contributed by atoms with Gasteiger partial charge in [-0.3, -0.25) is 4.79 Å². The highest BCUT2D eigenvalue weighted by Crippen LogP contribution is 2.31. The van der Waals surface area contributed by atoms with Gasteiger partial charge in [-0.15, -0.1) is 0 Å². The molecular formula is C21H24N4O4. The van der Waals surface area contributed by atoms with Crippen LogP contribution < -0.4 is 15.4 Å². The first kappa shape index (κ1) is 20.2. The second-order valence-electron chi connectivity index (χ2n) is 6.48. The number of carbonyl (C=O) groups excluding carboxylic acids is 2. The van der Waals surface area contributed by atoms with Gasteiger partial charge in [0.25, 0.3) is 0 Å². The lowest BCUT2D eigenvalue weighted by atomic mass is 10.2. The van der Waals surface area contributed by atoms with Gasteiger partial charge in [-0.05, 0) is 30.7 Å². The molecule has 3 rings (SSSR count). The maximum absolute atomic E-state index is 12.2. The lowest BCUT2D eigenvalue weighted by Gasteiger charge is -2.08. The van der Waals surface area contributed by atoms with E-state index in [2.05, 4.69) is 15.6 Å². The van der Waals surface area contributed by atoms with Crippen LogP contribution in [0.25, 0.3) is 11.0 Å². The minimum atomic E-state index is -0.543. The molecular weight excluding hydrogens is 372 g/mol. The van der Waals surface area contributed by atoms with E-state index < -0.39 is 5.97 Å². The van der Waals surface area contributed by atoms with Crippen molar-refractivity contribution in [2.75, 3.05) is 24.4 Å². The fourth-order valence-electron chi connectivity index (χ4n) is 3.12. The number of aryl methyl sites for hydroxylation is 1. The summed E-state index contributed by atoms with van der Waals surface area (Å²) in [7, 11) is 3.01. The molecule has 0 saturated heterocycles. The number of methoxy groups -OCH3 is 1. The molecule has 1 amide bonds. The van der Waals surface area contributed by atoms with Crippen LogP contribution >= 0.6 is 0 Å². The minimum absolute atomic E-state index is 0.244. The van der Waals surface area contributed by atoms with Crippen molar-refractivity contribution in [3.8, 4) is 5.75 Å². The third-order valence-electron chi connectivity index (χ3n) is 4.44. The van der Waals surface area contributed by atoms with Gasteiger partial charge in [0.15, 0.2) is 5.69 Å². The normalized spacial score (nSPS) is 10.6. The Bertz CT molecular complexity index is 1040. The summed E-state index contributed by atoms with van der Waals surface area (Å²) in [5, 5.41) is 6.70. The molecule has 29 heavy (non-hydrogen) atoms. The van der Waals surface area contributed by atoms with E-state index in [1.54, 1.807) is 17.8 Å². The molecule has 0 atom stereocenters. The summed E-state index contributed by atoms with van der Waals surface area (Å²) in [6.07, 6.45) is 1.69. The van der Waals surface area contributed by atoms with E-state index in [0.29, 0.717) is 29.9 Å².